The average Bonchev–Trinajstić information content (AvgIpc) is 3.18. The van der Waals surface area contributed by atoms with Gasteiger partial charge in [0, 0.05) is 31.2 Å². The van der Waals surface area contributed by atoms with E-state index in [1.54, 1.807) is 28.0 Å². The Morgan fingerprint density at radius 1 is 1.20 bits per heavy atom. The number of rotatable bonds is 4. The Balaban J connectivity index is 1.62. The Bertz CT molecular complexity index is 720. The number of hydrogen-bond acceptors (Lipinski definition) is 3. The van der Waals surface area contributed by atoms with Gasteiger partial charge in [0.15, 0.2) is 0 Å². The number of anilines is 1. The predicted octanol–water partition coefficient (Wildman–Crippen LogP) is 3.32. The lowest BCUT2D eigenvalue weighted by Gasteiger charge is -2.34. The van der Waals surface area contributed by atoms with E-state index in [2.05, 4.69) is 0 Å². The first-order chi connectivity index (χ1) is 12.1. The molecule has 0 N–H and O–H groups in total. The minimum Gasteiger partial charge on any atom is -0.472 e. The molecule has 1 aliphatic heterocycles. The molecule has 25 heavy (non-hydrogen) atoms. The monoisotopic (exact) mass is 344 g/mol. The highest BCUT2D eigenvalue weighted by atomic mass is 19.1. The zero-order chi connectivity index (χ0) is 17.8. The van der Waals surface area contributed by atoms with E-state index >= 15 is 0 Å². The summed E-state index contributed by atoms with van der Waals surface area (Å²) in [5, 5.41) is 0. The number of likely N-dealkylation sites (tertiary alicyclic amines) is 1. The van der Waals surface area contributed by atoms with Crippen LogP contribution in [0.5, 0.6) is 0 Å². The third-order valence-electron chi connectivity index (χ3n) is 4.62. The molecule has 5 nitrogen and oxygen atoms in total. The first-order valence-electron chi connectivity index (χ1n) is 8.48. The smallest absolute Gasteiger partial charge is 0.257 e. The number of nitrogens with zero attached hydrogens (tertiary/aromatic N) is 2. The molecule has 2 aromatic rings. The quantitative estimate of drug-likeness (QED) is 0.855. The van der Waals surface area contributed by atoms with Gasteiger partial charge in [0.2, 0.25) is 5.91 Å². The summed E-state index contributed by atoms with van der Waals surface area (Å²) in [5.74, 6) is -0.480. The van der Waals surface area contributed by atoms with E-state index in [1.807, 2.05) is 6.92 Å². The summed E-state index contributed by atoms with van der Waals surface area (Å²) in [5.41, 5.74) is 1.23. The highest BCUT2D eigenvalue weighted by molar-refractivity contribution is 5.96. The van der Waals surface area contributed by atoms with Crippen LogP contribution in [0, 0.1) is 11.7 Å². The molecule has 1 aliphatic rings. The van der Waals surface area contributed by atoms with Crippen LogP contribution in [-0.2, 0) is 4.79 Å². The molecule has 0 aliphatic carbocycles. The van der Waals surface area contributed by atoms with Gasteiger partial charge in [0.1, 0.15) is 12.1 Å². The SMILES string of the molecule is CCN(C(=O)C1CCN(C(=O)c2ccoc2)CC1)c1ccc(F)cc1. The minimum atomic E-state index is -0.321. The van der Waals surface area contributed by atoms with E-state index in [-0.39, 0.29) is 23.5 Å². The normalized spacial score (nSPS) is 15.2. The average molecular weight is 344 g/mol. The van der Waals surface area contributed by atoms with Gasteiger partial charge in [-0.2, -0.15) is 0 Å². The summed E-state index contributed by atoms with van der Waals surface area (Å²) in [6.45, 7) is 3.51. The second kappa shape index (κ2) is 7.51. The van der Waals surface area contributed by atoms with Crippen LogP contribution in [0.3, 0.4) is 0 Å². The summed E-state index contributed by atoms with van der Waals surface area (Å²) in [6, 6.07) is 7.60. The second-order valence-electron chi connectivity index (χ2n) is 6.14. The Labute approximate surface area is 146 Å². The van der Waals surface area contributed by atoms with Gasteiger partial charge in [0.05, 0.1) is 11.8 Å². The zero-order valence-corrected chi connectivity index (χ0v) is 14.2. The molecule has 3 rings (SSSR count). The summed E-state index contributed by atoms with van der Waals surface area (Å²) in [6.07, 6.45) is 4.17. The number of furan rings is 1. The fourth-order valence-electron chi connectivity index (χ4n) is 3.21. The maximum Gasteiger partial charge on any atom is 0.257 e. The molecule has 132 valence electrons. The number of halogens is 1. The van der Waals surface area contributed by atoms with Gasteiger partial charge in [-0.3, -0.25) is 9.59 Å². The number of carbonyl (C=O) groups is 2. The highest BCUT2D eigenvalue weighted by Crippen LogP contribution is 2.24. The number of benzene rings is 1. The van der Waals surface area contributed by atoms with Gasteiger partial charge in [-0.05, 0) is 50.1 Å². The number of carbonyl (C=O) groups excluding carboxylic acids is 2. The number of hydrogen-bond donors (Lipinski definition) is 0. The van der Waals surface area contributed by atoms with Crippen LogP contribution < -0.4 is 4.90 Å². The summed E-state index contributed by atoms with van der Waals surface area (Å²) >= 11 is 0. The molecule has 0 spiro atoms. The Morgan fingerprint density at radius 2 is 1.88 bits per heavy atom. The highest BCUT2D eigenvalue weighted by Gasteiger charge is 2.30. The van der Waals surface area contributed by atoms with E-state index in [1.165, 1.54) is 24.7 Å². The first kappa shape index (κ1) is 17.2. The molecule has 0 radical (unpaired) electrons. The number of piperidine rings is 1. The largest absolute Gasteiger partial charge is 0.472 e. The van der Waals surface area contributed by atoms with Crippen LogP contribution in [0.25, 0.3) is 0 Å². The molecule has 0 atom stereocenters. The third kappa shape index (κ3) is 3.73. The lowest BCUT2D eigenvalue weighted by molar-refractivity contribution is -0.123. The molecule has 2 heterocycles. The van der Waals surface area contributed by atoms with Crippen molar-refractivity contribution in [1.82, 2.24) is 4.90 Å². The molecule has 0 saturated carbocycles. The summed E-state index contributed by atoms with van der Waals surface area (Å²) in [4.78, 5) is 28.6. The van der Waals surface area contributed by atoms with Crippen LogP contribution >= 0.6 is 0 Å². The van der Waals surface area contributed by atoms with Gasteiger partial charge in [-0.1, -0.05) is 0 Å². The molecular formula is C19H21FN2O3. The fourth-order valence-corrected chi connectivity index (χ4v) is 3.21. The fraction of sp³-hybridized carbons (Fsp3) is 0.368. The third-order valence-corrected chi connectivity index (χ3v) is 4.62. The molecule has 0 unspecified atom stereocenters. The second-order valence-corrected chi connectivity index (χ2v) is 6.14. The molecule has 1 fully saturated rings. The molecule has 1 aromatic carbocycles. The molecule has 1 aromatic heterocycles. The van der Waals surface area contributed by atoms with Crippen molar-refractivity contribution in [2.24, 2.45) is 5.92 Å². The van der Waals surface area contributed by atoms with Crippen molar-refractivity contribution in [2.45, 2.75) is 19.8 Å². The van der Waals surface area contributed by atoms with Gasteiger partial charge >= 0.3 is 0 Å². The van der Waals surface area contributed by atoms with Gasteiger partial charge in [-0.25, -0.2) is 4.39 Å². The molecule has 2 amide bonds. The van der Waals surface area contributed by atoms with E-state index in [4.69, 9.17) is 4.42 Å². The molecule has 6 heteroatoms. The molecule has 1 saturated heterocycles. The van der Waals surface area contributed by atoms with Crippen molar-refractivity contribution < 1.29 is 18.4 Å². The van der Waals surface area contributed by atoms with Gasteiger partial charge in [0.25, 0.3) is 5.91 Å². The van der Waals surface area contributed by atoms with Crippen molar-refractivity contribution in [3.63, 3.8) is 0 Å². The maximum atomic E-state index is 13.1. The lowest BCUT2D eigenvalue weighted by Crippen LogP contribution is -2.44. The van der Waals surface area contributed by atoms with Crippen LogP contribution in [0.4, 0.5) is 10.1 Å². The zero-order valence-electron chi connectivity index (χ0n) is 14.2. The van der Waals surface area contributed by atoms with Crippen LogP contribution in [0.15, 0.2) is 47.3 Å². The van der Waals surface area contributed by atoms with Crippen LogP contribution in [0.1, 0.15) is 30.1 Å². The molecular weight excluding hydrogens is 323 g/mol. The van der Waals surface area contributed by atoms with Crippen molar-refractivity contribution in [1.29, 1.82) is 0 Å². The van der Waals surface area contributed by atoms with Crippen LogP contribution in [-0.4, -0.2) is 36.3 Å². The van der Waals surface area contributed by atoms with Crippen LogP contribution in [0.2, 0.25) is 0 Å². The van der Waals surface area contributed by atoms with E-state index in [0.717, 1.165) is 0 Å². The summed E-state index contributed by atoms with van der Waals surface area (Å²) in [7, 11) is 0. The minimum absolute atomic E-state index is 0.0320. The first-order valence-corrected chi connectivity index (χ1v) is 8.48. The van der Waals surface area contributed by atoms with Gasteiger partial charge < -0.3 is 14.2 Å². The van der Waals surface area contributed by atoms with Crippen molar-refractivity contribution in [3.8, 4) is 0 Å². The van der Waals surface area contributed by atoms with Crippen molar-refractivity contribution >= 4 is 17.5 Å². The van der Waals surface area contributed by atoms with Gasteiger partial charge in [-0.15, -0.1) is 0 Å². The van der Waals surface area contributed by atoms with E-state index in [0.29, 0.717) is 43.7 Å². The predicted molar refractivity (Wildman–Crippen MR) is 91.8 cm³/mol. The van der Waals surface area contributed by atoms with E-state index in [9.17, 15) is 14.0 Å². The maximum absolute atomic E-state index is 13.1. The Kier molecular flexibility index (Phi) is 5.16. The van der Waals surface area contributed by atoms with Crippen molar-refractivity contribution in [2.75, 3.05) is 24.5 Å². The molecule has 0 bridgehead atoms. The standard InChI is InChI=1S/C19H21FN2O3/c1-2-22(17-5-3-16(20)4-6-17)19(24)14-7-10-21(11-8-14)18(23)15-9-12-25-13-15/h3-6,9,12-14H,2,7-8,10-11H2,1H3. The summed E-state index contributed by atoms with van der Waals surface area (Å²) < 4.78 is 18.1. The lowest BCUT2D eigenvalue weighted by atomic mass is 9.94. The Morgan fingerprint density at radius 3 is 2.44 bits per heavy atom. The number of amides is 2. The van der Waals surface area contributed by atoms with Crippen molar-refractivity contribution in [3.05, 3.63) is 54.2 Å². The Hall–Kier alpha value is -2.63. The van der Waals surface area contributed by atoms with E-state index < -0.39 is 0 Å². The topological polar surface area (TPSA) is 53.8 Å².